The molecule has 2 aromatic rings. The highest BCUT2D eigenvalue weighted by Gasteiger charge is 2.40. The molecule has 0 bridgehead atoms. The quantitative estimate of drug-likeness (QED) is 0.212. The van der Waals surface area contributed by atoms with Crippen LogP contribution in [0.25, 0.3) is 0 Å². The molecule has 6 atom stereocenters. The summed E-state index contributed by atoms with van der Waals surface area (Å²) in [4.78, 5) is 20.7. The minimum Gasteiger partial charge on any atom is -0.394 e. The SMILES string of the molecule is Cc1cc([N+](=O)[O-])n([C@H]2C[C@H](O)[C@@H](CO)O2)c1.O=[N+]([O-])c1cc(I)cn1[C@H]1C[C@H](O)[C@@H](CO)O1. The fraction of sp³-hybridized carbons (Fsp3) is 0.579. The molecule has 0 unspecified atom stereocenters. The van der Waals surface area contributed by atoms with Gasteiger partial charge in [-0.3, -0.25) is 0 Å². The topological polar surface area (TPSA) is 196 Å². The Hall–Kier alpha value is -2.15. The summed E-state index contributed by atoms with van der Waals surface area (Å²) in [6.45, 7) is 1.15. The van der Waals surface area contributed by atoms with Crippen molar-refractivity contribution in [2.24, 2.45) is 0 Å². The monoisotopic (exact) mass is 596 g/mol. The third-order valence-electron chi connectivity index (χ3n) is 5.52. The van der Waals surface area contributed by atoms with E-state index in [1.807, 2.05) is 22.6 Å². The molecule has 2 fully saturated rings. The molecule has 0 amide bonds. The molecule has 14 nitrogen and oxygen atoms in total. The van der Waals surface area contributed by atoms with Gasteiger partial charge in [-0.05, 0) is 44.9 Å². The van der Waals surface area contributed by atoms with Gasteiger partial charge in [0.2, 0.25) is 12.5 Å². The Morgan fingerprint density at radius 3 is 1.79 bits per heavy atom. The number of aromatic nitrogens is 2. The van der Waals surface area contributed by atoms with Crippen LogP contribution in [-0.4, -0.2) is 77.0 Å². The maximum absolute atomic E-state index is 10.8. The van der Waals surface area contributed by atoms with E-state index in [0.717, 1.165) is 9.13 Å². The minimum absolute atomic E-state index is 0.0710. The summed E-state index contributed by atoms with van der Waals surface area (Å²) in [7, 11) is 0. The zero-order chi connectivity index (χ0) is 25.2. The summed E-state index contributed by atoms with van der Waals surface area (Å²) in [5.41, 5.74) is 0.752. The second-order valence-corrected chi connectivity index (χ2v) is 9.20. The standard InChI is InChI=1S/C10H14N2O5.C9H11IN2O5/c1-6-2-9(12(15)16)11(4-6)10-3-7(14)8(5-13)17-10;10-5-1-8(12(15)16)11(3-5)9-2-6(14)7(4-13)17-9/h2,4,7-8,10,13-14H,3,5H2,1H3;1,3,6-7,9,13-14H,2,4H2/t7-,8+,10+;6-,7+,9+/m00/s1. The Balaban J connectivity index is 0.000000191. The third kappa shape index (κ3) is 5.73. The molecular formula is C19H25IN4O10. The molecule has 188 valence electrons. The van der Waals surface area contributed by atoms with Gasteiger partial charge in [0.1, 0.15) is 18.4 Å². The van der Waals surface area contributed by atoms with Crippen LogP contribution in [0, 0.1) is 30.7 Å². The second kappa shape index (κ2) is 11.1. The van der Waals surface area contributed by atoms with Crippen molar-refractivity contribution in [1.29, 1.82) is 0 Å². The van der Waals surface area contributed by atoms with Crippen LogP contribution < -0.4 is 0 Å². The van der Waals surface area contributed by atoms with Gasteiger partial charge in [0.25, 0.3) is 0 Å². The summed E-state index contributed by atoms with van der Waals surface area (Å²) in [6.07, 6.45) is -0.497. The summed E-state index contributed by atoms with van der Waals surface area (Å²) < 4.78 is 14.2. The average Bonchev–Trinajstić information content (AvgIpc) is 3.53. The summed E-state index contributed by atoms with van der Waals surface area (Å²) in [5, 5.41) is 58.8. The molecule has 0 spiro atoms. The number of aliphatic hydroxyl groups is 4. The van der Waals surface area contributed by atoms with Crippen molar-refractivity contribution in [3.8, 4) is 0 Å². The molecular weight excluding hydrogens is 571 g/mol. The molecule has 2 aliphatic heterocycles. The number of nitrogens with zero attached hydrogens (tertiary/aromatic N) is 4. The highest BCUT2D eigenvalue weighted by Crippen LogP contribution is 2.34. The van der Waals surface area contributed by atoms with E-state index in [2.05, 4.69) is 0 Å². The normalized spacial score (nSPS) is 28.5. The van der Waals surface area contributed by atoms with Gasteiger partial charge in [-0.1, -0.05) is 0 Å². The van der Waals surface area contributed by atoms with Gasteiger partial charge in [-0.15, -0.1) is 0 Å². The van der Waals surface area contributed by atoms with Crippen LogP contribution in [0.5, 0.6) is 0 Å². The maximum atomic E-state index is 10.8. The van der Waals surface area contributed by atoms with Crippen molar-refractivity contribution in [2.75, 3.05) is 13.2 Å². The number of nitro groups is 2. The molecule has 2 aliphatic rings. The fourth-order valence-corrected chi connectivity index (χ4v) is 4.47. The molecule has 34 heavy (non-hydrogen) atoms. The van der Waals surface area contributed by atoms with E-state index in [9.17, 15) is 30.4 Å². The van der Waals surface area contributed by atoms with Crippen LogP contribution in [0.2, 0.25) is 0 Å². The van der Waals surface area contributed by atoms with E-state index in [0.29, 0.717) is 0 Å². The highest BCUT2D eigenvalue weighted by molar-refractivity contribution is 14.1. The van der Waals surface area contributed by atoms with Gasteiger partial charge in [0, 0.05) is 25.0 Å². The van der Waals surface area contributed by atoms with Crippen molar-refractivity contribution < 1.29 is 39.7 Å². The van der Waals surface area contributed by atoms with Gasteiger partial charge < -0.3 is 50.1 Å². The molecule has 4 rings (SSSR count). The van der Waals surface area contributed by atoms with Gasteiger partial charge >= 0.3 is 11.6 Å². The number of aliphatic hydroxyl groups excluding tert-OH is 4. The fourth-order valence-electron chi connectivity index (χ4n) is 3.89. The van der Waals surface area contributed by atoms with E-state index in [4.69, 9.17) is 19.7 Å². The Morgan fingerprint density at radius 2 is 1.38 bits per heavy atom. The number of halogens is 1. The Labute approximate surface area is 206 Å². The van der Waals surface area contributed by atoms with Crippen molar-refractivity contribution in [2.45, 2.75) is 56.6 Å². The first-order valence-electron chi connectivity index (χ1n) is 10.3. The van der Waals surface area contributed by atoms with Crippen LogP contribution >= 0.6 is 22.6 Å². The molecule has 4 N–H and O–H groups in total. The highest BCUT2D eigenvalue weighted by atomic mass is 127. The van der Waals surface area contributed by atoms with Crippen LogP contribution in [0.4, 0.5) is 11.6 Å². The maximum Gasteiger partial charge on any atom is 0.326 e. The van der Waals surface area contributed by atoms with Crippen LogP contribution in [0.15, 0.2) is 24.5 Å². The number of ether oxygens (including phenoxy) is 2. The lowest BCUT2D eigenvalue weighted by atomic mass is 10.2. The molecule has 4 heterocycles. The zero-order valence-corrected chi connectivity index (χ0v) is 20.2. The molecule has 0 saturated carbocycles. The zero-order valence-electron chi connectivity index (χ0n) is 18.0. The van der Waals surface area contributed by atoms with E-state index in [1.54, 1.807) is 19.3 Å². The predicted octanol–water partition coefficient (Wildman–Crippen LogP) is 0.987. The Kier molecular flexibility index (Phi) is 8.61. The van der Waals surface area contributed by atoms with Crippen LogP contribution in [0.1, 0.15) is 30.9 Å². The van der Waals surface area contributed by atoms with E-state index in [1.165, 1.54) is 21.3 Å². The Morgan fingerprint density at radius 1 is 0.941 bits per heavy atom. The summed E-state index contributed by atoms with van der Waals surface area (Å²) >= 11 is 1.97. The first-order chi connectivity index (χ1) is 16.0. The van der Waals surface area contributed by atoms with E-state index >= 15 is 0 Å². The molecule has 0 aromatic carbocycles. The van der Waals surface area contributed by atoms with Crippen molar-refractivity contribution in [3.63, 3.8) is 0 Å². The molecule has 15 heteroatoms. The molecule has 2 saturated heterocycles. The van der Waals surface area contributed by atoms with Crippen molar-refractivity contribution in [1.82, 2.24) is 9.13 Å². The first kappa shape index (κ1) is 26.5. The minimum atomic E-state index is -0.801. The van der Waals surface area contributed by atoms with Crippen molar-refractivity contribution in [3.05, 3.63) is 53.9 Å². The Bertz CT molecular complexity index is 947. The van der Waals surface area contributed by atoms with E-state index < -0.39 is 46.7 Å². The molecule has 0 radical (unpaired) electrons. The van der Waals surface area contributed by atoms with E-state index in [-0.39, 0.29) is 37.7 Å². The third-order valence-corrected chi connectivity index (χ3v) is 6.11. The molecule has 2 aromatic heterocycles. The van der Waals surface area contributed by atoms with Crippen LogP contribution in [-0.2, 0) is 9.47 Å². The second-order valence-electron chi connectivity index (χ2n) is 7.95. The first-order valence-corrected chi connectivity index (χ1v) is 11.4. The van der Waals surface area contributed by atoms with Crippen LogP contribution in [0.3, 0.4) is 0 Å². The largest absolute Gasteiger partial charge is 0.394 e. The van der Waals surface area contributed by atoms with Gasteiger partial charge in [-0.25, -0.2) is 9.13 Å². The van der Waals surface area contributed by atoms with Gasteiger partial charge in [0.15, 0.2) is 0 Å². The predicted molar refractivity (Wildman–Crippen MR) is 123 cm³/mol. The van der Waals surface area contributed by atoms with Gasteiger partial charge in [0.05, 0.1) is 35.2 Å². The average molecular weight is 596 g/mol. The molecule has 0 aliphatic carbocycles. The lowest BCUT2D eigenvalue weighted by molar-refractivity contribution is -0.393. The summed E-state index contributed by atoms with van der Waals surface area (Å²) in [5.74, 6) is -0.150. The van der Waals surface area contributed by atoms with Gasteiger partial charge in [-0.2, -0.15) is 0 Å². The number of hydrogen-bond donors (Lipinski definition) is 4. The smallest absolute Gasteiger partial charge is 0.326 e. The lowest BCUT2D eigenvalue weighted by Gasteiger charge is -2.10. The van der Waals surface area contributed by atoms with Crippen molar-refractivity contribution >= 4 is 34.2 Å². The lowest BCUT2D eigenvalue weighted by Crippen LogP contribution is -2.24. The number of aryl methyl sites for hydroxylation is 1. The number of hydrogen-bond acceptors (Lipinski definition) is 10. The number of rotatable bonds is 6. The summed E-state index contributed by atoms with van der Waals surface area (Å²) in [6, 6.07) is 2.88.